The molecule has 0 aromatic heterocycles. The first kappa shape index (κ1) is 26.3. The molecule has 0 aliphatic carbocycles. The molecule has 3 aromatic carbocycles. The number of carbonyl (C=O) groups excluding carboxylic acids is 4. The first-order valence-corrected chi connectivity index (χ1v) is 11.6. The molecule has 0 saturated carbocycles. The maximum Gasteiger partial charge on any atom is 0.339 e. The predicted octanol–water partition coefficient (Wildman–Crippen LogP) is 4.37. The number of hydrogen-bond acceptors (Lipinski definition) is 5. The van der Waals surface area contributed by atoms with E-state index in [0.29, 0.717) is 11.3 Å². The second-order valence-electron chi connectivity index (χ2n) is 8.85. The first-order valence-electron chi connectivity index (χ1n) is 11.6. The molecular weight excluding hydrogens is 456 g/mol. The van der Waals surface area contributed by atoms with Gasteiger partial charge in [-0.1, -0.05) is 48.0 Å². The number of ether oxygens (including phenoxy) is 1. The van der Waals surface area contributed by atoms with Gasteiger partial charge in [0.25, 0.3) is 5.91 Å². The highest BCUT2D eigenvalue weighted by atomic mass is 16.5. The van der Waals surface area contributed by atoms with Crippen LogP contribution < -0.4 is 10.6 Å². The monoisotopic (exact) mass is 486 g/mol. The van der Waals surface area contributed by atoms with Gasteiger partial charge in [0, 0.05) is 16.8 Å². The Kier molecular flexibility index (Phi) is 8.38. The zero-order valence-electron chi connectivity index (χ0n) is 21.2. The quantitative estimate of drug-likeness (QED) is 0.364. The minimum Gasteiger partial charge on any atom is -0.452 e. The molecular formula is C29H30N2O5. The van der Waals surface area contributed by atoms with E-state index in [0.717, 1.165) is 27.8 Å². The van der Waals surface area contributed by atoms with E-state index < -0.39 is 24.4 Å². The molecule has 0 atom stereocenters. The molecule has 0 saturated heterocycles. The van der Waals surface area contributed by atoms with Crippen LogP contribution in [0.5, 0.6) is 0 Å². The average Bonchev–Trinajstić information content (AvgIpc) is 2.84. The van der Waals surface area contributed by atoms with Crippen molar-refractivity contribution in [2.24, 2.45) is 0 Å². The Labute approximate surface area is 210 Å². The van der Waals surface area contributed by atoms with Crippen LogP contribution in [0, 0.1) is 34.6 Å². The first-order chi connectivity index (χ1) is 17.1. The van der Waals surface area contributed by atoms with Gasteiger partial charge in [0.05, 0.1) is 12.1 Å². The fourth-order valence-electron chi connectivity index (χ4n) is 3.90. The van der Waals surface area contributed by atoms with E-state index in [1.165, 1.54) is 6.07 Å². The number of aryl methyl sites for hydroxylation is 5. The average molecular weight is 487 g/mol. The molecule has 7 heteroatoms. The molecule has 36 heavy (non-hydrogen) atoms. The smallest absolute Gasteiger partial charge is 0.339 e. The minimum absolute atomic E-state index is 0.0663. The highest BCUT2D eigenvalue weighted by Crippen LogP contribution is 2.22. The highest BCUT2D eigenvalue weighted by Gasteiger charge is 2.20. The summed E-state index contributed by atoms with van der Waals surface area (Å²) < 4.78 is 5.13. The van der Waals surface area contributed by atoms with Crippen molar-refractivity contribution in [1.29, 1.82) is 0 Å². The van der Waals surface area contributed by atoms with Gasteiger partial charge in [0.1, 0.15) is 0 Å². The third-order valence-electron chi connectivity index (χ3n) is 5.88. The lowest BCUT2D eigenvalue weighted by Crippen LogP contribution is -2.35. The Bertz CT molecular complexity index is 1320. The summed E-state index contributed by atoms with van der Waals surface area (Å²) in [6, 6.07) is 15.6. The van der Waals surface area contributed by atoms with Crippen LogP contribution in [0.15, 0.2) is 54.6 Å². The second kappa shape index (κ2) is 11.4. The Morgan fingerprint density at radius 1 is 0.722 bits per heavy atom. The van der Waals surface area contributed by atoms with Crippen LogP contribution in [-0.4, -0.2) is 36.7 Å². The van der Waals surface area contributed by atoms with Gasteiger partial charge in [-0.2, -0.15) is 0 Å². The predicted molar refractivity (Wildman–Crippen MR) is 138 cm³/mol. The molecule has 0 radical (unpaired) electrons. The van der Waals surface area contributed by atoms with Crippen molar-refractivity contribution in [1.82, 2.24) is 5.32 Å². The third-order valence-corrected chi connectivity index (χ3v) is 5.88. The van der Waals surface area contributed by atoms with E-state index in [1.807, 2.05) is 52.8 Å². The van der Waals surface area contributed by atoms with Gasteiger partial charge in [-0.25, -0.2) is 4.79 Å². The molecule has 3 aromatic rings. The number of anilines is 1. The van der Waals surface area contributed by atoms with Gasteiger partial charge in [-0.3, -0.25) is 14.4 Å². The van der Waals surface area contributed by atoms with E-state index >= 15 is 0 Å². The van der Waals surface area contributed by atoms with Crippen molar-refractivity contribution in [3.05, 3.63) is 99.1 Å². The van der Waals surface area contributed by atoms with Crippen molar-refractivity contribution < 1.29 is 23.9 Å². The number of hydrogen-bond donors (Lipinski definition) is 2. The molecule has 186 valence electrons. The van der Waals surface area contributed by atoms with Crippen LogP contribution in [-0.2, 0) is 14.3 Å². The van der Waals surface area contributed by atoms with Crippen LogP contribution in [0.25, 0.3) is 0 Å². The largest absolute Gasteiger partial charge is 0.452 e. The normalized spacial score (nSPS) is 10.5. The lowest BCUT2D eigenvalue weighted by Gasteiger charge is -2.13. The zero-order chi connectivity index (χ0) is 26.4. The minimum atomic E-state index is -0.798. The molecule has 0 aliphatic heterocycles. The molecule has 0 heterocycles. The molecule has 2 N–H and O–H groups in total. The SMILES string of the molecule is Cc1cc(C)c(NC(=O)CNC(=O)COC(=O)c2ccccc2C(=O)c2ccc(C)c(C)c2)c(C)c1. The molecule has 0 aliphatic rings. The van der Waals surface area contributed by atoms with Crippen molar-refractivity contribution in [2.45, 2.75) is 34.6 Å². The second-order valence-corrected chi connectivity index (χ2v) is 8.85. The van der Waals surface area contributed by atoms with Crippen molar-refractivity contribution >= 4 is 29.3 Å². The summed E-state index contributed by atoms with van der Waals surface area (Å²) in [4.78, 5) is 50.2. The highest BCUT2D eigenvalue weighted by molar-refractivity contribution is 6.14. The number of carbonyl (C=O) groups is 4. The summed E-state index contributed by atoms with van der Waals surface area (Å²) in [6.07, 6.45) is 0. The topological polar surface area (TPSA) is 102 Å². The van der Waals surface area contributed by atoms with E-state index in [2.05, 4.69) is 10.6 Å². The van der Waals surface area contributed by atoms with Gasteiger partial charge in [0.15, 0.2) is 12.4 Å². The summed E-state index contributed by atoms with van der Waals surface area (Å²) in [5.41, 5.74) is 6.39. The van der Waals surface area contributed by atoms with Gasteiger partial charge >= 0.3 is 5.97 Å². The van der Waals surface area contributed by atoms with Gasteiger partial charge in [-0.15, -0.1) is 0 Å². The third kappa shape index (κ3) is 6.44. The van der Waals surface area contributed by atoms with Gasteiger partial charge < -0.3 is 15.4 Å². The van der Waals surface area contributed by atoms with Crippen LogP contribution >= 0.6 is 0 Å². The Balaban J connectivity index is 1.57. The molecule has 0 bridgehead atoms. The molecule has 0 unspecified atom stereocenters. The summed E-state index contributed by atoms with van der Waals surface area (Å²) in [5.74, 6) is -2.13. The van der Waals surface area contributed by atoms with Crippen LogP contribution in [0.1, 0.15) is 54.1 Å². The zero-order valence-corrected chi connectivity index (χ0v) is 21.2. The maximum atomic E-state index is 13.0. The summed E-state index contributed by atoms with van der Waals surface area (Å²) in [6.45, 7) is 8.78. The van der Waals surface area contributed by atoms with Crippen molar-refractivity contribution in [3.63, 3.8) is 0 Å². The van der Waals surface area contributed by atoms with E-state index in [1.54, 1.807) is 30.3 Å². The van der Waals surface area contributed by atoms with Crippen LogP contribution in [0.3, 0.4) is 0 Å². The number of esters is 1. The van der Waals surface area contributed by atoms with Gasteiger partial charge in [0.2, 0.25) is 5.91 Å². The Hall–Kier alpha value is -4.26. The number of ketones is 1. The van der Waals surface area contributed by atoms with E-state index in [-0.39, 0.29) is 23.5 Å². The molecule has 7 nitrogen and oxygen atoms in total. The summed E-state index contributed by atoms with van der Waals surface area (Å²) in [7, 11) is 0. The maximum absolute atomic E-state index is 13.0. The molecule has 0 spiro atoms. The van der Waals surface area contributed by atoms with Crippen LogP contribution in [0.4, 0.5) is 5.69 Å². The van der Waals surface area contributed by atoms with Crippen molar-refractivity contribution in [3.8, 4) is 0 Å². The molecule has 2 amide bonds. The number of rotatable bonds is 8. The fraction of sp³-hybridized carbons (Fsp3) is 0.241. The van der Waals surface area contributed by atoms with E-state index in [4.69, 9.17) is 4.74 Å². The lowest BCUT2D eigenvalue weighted by atomic mass is 9.96. The Morgan fingerprint density at radius 2 is 1.36 bits per heavy atom. The number of amides is 2. The summed E-state index contributed by atoms with van der Waals surface area (Å²) in [5, 5.41) is 5.24. The summed E-state index contributed by atoms with van der Waals surface area (Å²) >= 11 is 0. The van der Waals surface area contributed by atoms with Gasteiger partial charge in [-0.05, 0) is 69.0 Å². The molecule has 3 rings (SSSR count). The molecule has 0 fully saturated rings. The fourth-order valence-corrected chi connectivity index (χ4v) is 3.90. The van der Waals surface area contributed by atoms with Crippen LogP contribution in [0.2, 0.25) is 0 Å². The Morgan fingerprint density at radius 3 is 2.00 bits per heavy atom. The van der Waals surface area contributed by atoms with Crippen molar-refractivity contribution in [2.75, 3.05) is 18.5 Å². The van der Waals surface area contributed by atoms with E-state index in [9.17, 15) is 19.2 Å². The number of nitrogens with one attached hydrogen (secondary N) is 2. The number of benzene rings is 3. The lowest BCUT2D eigenvalue weighted by molar-refractivity contribution is -0.126. The standard InChI is InChI=1S/C29H30N2O5/c1-17-12-20(4)27(21(5)13-17)31-25(32)15-30-26(33)16-36-29(35)24-9-7-6-8-23(24)28(34)22-11-10-18(2)19(3)14-22/h6-14H,15-16H2,1-5H3,(H,30,33)(H,31,32).